The number of amides is 2. The van der Waals surface area contributed by atoms with Gasteiger partial charge in [-0.25, -0.2) is 4.79 Å². The van der Waals surface area contributed by atoms with Crippen molar-refractivity contribution in [2.45, 2.75) is 95.9 Å². The first-order valence-corrected chi connectivity index (χ1v) is 14.6. The number of hydrogen-bond acceptors (Lipinski definition) is 4. The van der Waals surface area contributed by atoms with E-state index in [2.05, 4.69) is 46.6 Å². The Morgan fingerprint density at radius 3 is 2.46 bits per heavy atom. The van der Waals surface area contributed by atoms with E-state index < -0.39 is 5.60 Å². The Labute approximate surface area is 230 Å². The van der Waals surface area contributed by atoms with Crippen LogP contribution >= 0.6 is 0 Å². The third kappa shape index (κ3) is 4.14. The summed E-state index contributed by atoms with van der Waals surface area (Å²) in [5, 5.41) is 6.38. The van der Waals surface area contributed by atoms with E-state index in [1.807, 2.05) is 32.6 Å². The molecule has 3 aliphatic heterocycles. The topological polar surface area (TPSA) is 61.9 Å². The summed E-state index contributed by atoms with van der Waals surface area (Å²) in [7, 11) is 0. The molecule has 3 heterocycles. The molecule has 2 atom stereocenters. The first-order valence-electron chi connectivity index (χ1n) is 14.6. The molecule has 6 nitrogen and oxygen atoms in total. The first kappa shape index (κ1) is 24.7. The van der Waals surface area contributed by atoms with Crippen molar-refractivity contribution in [1.82, 2.24) is 10.2 Å². The summed E-state index contributed by atoms with van der Waals surface area (Å²) in [5.74, 6) is 0.0271. The number of piperazine rings is 1. The fourth-order valence-electron chi connectivity index (χ4n) is 7.44. The molecule has 6 aliphatic rings. The highest BCUT2D eigenvalue weighted by atomic mass is 16.6. The Bertz CT molecular complexity index is 1500. The first-order chi connectivity index (χ1) is 18.6. The molecule has 2 aromatic rings. The normalized spacial score (nSPS) is 24.2. The van der Waals surface area contributed by atoms with Crippen LogP contribution in [0.1, 0.15) is 80.8 Å². The standard InChI is InChI=1S/C33H39N3O3/c1-20-8-12-23(35-18-24-16-25(19-35)36(24)31(38)39-32(2,3)4)17-27(20)30(37)34-33(14-15-33)28-13-11-22-10-9-21-6-5-7-26(28)29(21)22/h5-8,12,17,24-25H,9-11,13-16,18-19H2,1-4H3,(H,34,37). The van der Waals surface area contributed by atoms with Gasteiger partial charge in [0.1, 0.15) is 5.60 Å². The van der Waals surface area contributed by atoms with Gasteiger partial charge in [-0.15, -0.1) is 0 Å². The minimum atomic E-state index is -0.490. The molecule has 0 radical (unpaired) electrons. The highest BCUT2D eigenvalue weighted by Crippen LogP contribution is 2.46. The molecule has 0 aromatic heterocycles. The number of anilines is 1. The SMILES string of the molecule is Cc1ccc(N2CC3CC(C2)N3C(=O)OC(C)(C)C)cc1C(=O)NC1(C2=c3cccc4c3=C(CC2)CC4)CC1. The van der Waals surface area contributed by atoms with Crippen molar-refractivity contribution in [1.29, 1.82) is 0 Å². The van der Waals surface area contributed by atoms with Crippen LogP contribution in [0.5, 0.6) is 0 Å². The van der Waals surface area contributed by atoms with E-state index in [0.717, 1.165) is 68.4 Å². The van der Waals surface area contributed by atoms with Crippen LogP contribution in [0, 0.1) is 6.92 Å². The Balaban J connectivity index is 1.11. The molecular weight excluding hydrogens is 486 g/mol. The third-order valence-corrected chi connectivity index (χ3v) is 9.51. The molecule has 3 saturated heterocycles. The quantitative estimate of drug-likeness (QED) is 0.650. The van der Waals surface area contributed by atoms with Crippen LogP contribution in [0.25, 0.3) is 11.1 Å². The number of hydrogen-bond donors (Lipinski definition) is 1. The highest BCUT2D eigenvalue weighted by Gasteiger charge is 2.50. The van der Waals surface area contributed by atoms with E-state index in [0.29, 0.717) is 0 Å². The van der Waals surface area contributed by atoms with E-state index in [1.165, 1.54) is 28.0 Å². The van der Waals surface area contributed by atoms with E-state index in [4.69, 9.17) is 4.74 Å². The van der Waals surface area contributed by atoms with E-state index >= 15 is 0 Å². The number of benzene rings is 2. The monoisotopic (exact) mass is 525 g/mol. The van der Waals surface area contributed by atoms with Crippen LogP contribution < -0.4 is 20.7 Å². The van der Waals surface area contributed by atoms with Gasteiger partial charge in [0.25, 0.3) is 5.91 Å². The molecule has 204 valence electrons. The molecule has 2 amide bonds. The van der Waals surface area contributed by atoms with Crippen molar-refractivity contribution in [3.63, 3.8) is 0 Å². The number of nitrogens with zero attached hydrogens (tertiary/aromatic N) is 2. The van der Waals surface area contributed by atoms with Crippen molar-refractivity contribution in [2.75, 3.05) is 18.0 Å². The van der Waals surface area contributed by atoms with Crippen LogP contribution in [0.3, 0.4) is 0 Å². The van der Waals surface area contributed by atoms with Crippen molar-refractivity contribution < 1.29 is 14.3 Å². The molecule has 2 aromatic carbocycles. The maximum Gasteiger partial charge on any atom is 0.410 e. The van der Waals surface area contributed by atoms with Crippen LogP contribution in [0.15, 0.2) is 36.4 Å². The van der Waals surface area contributed by atoms with E-state index in [1.54, 1.807) is 5.57 Å². The summed E-state index contributed by atoms with van der Waals surface area (Å²) < 4.78 is 5.64. The van der Waals surface area contributed by atoms with Crippen molar-refractivity contribution in [3.05, 3.63) is 63.5 Å². The lowest BCUT2D eigenvalue weighted by atomic mass is 9.87. The molecule has 6 heteroatoms. The molecule has 0 spiro atoms. The molecule has 3 aliphatic carbocycles. The number of piperidine rings is 1. The van der Waals surface area contributed by atoms with Gasteiger partial charge < -0.3 is 15.0 Å². The third-order valence-electron chi connectivity index (χ3n) is 9.51. The van der Waals surface area contributed by atoms with E-state index in [-0.39, 0.29) is 29.6 Å². The molecule has 1 saturated carbocycles. The van der Waals surface area contributed by atoms with Gasteiger partial charge in [-0.05, 0) is 112 Å². The van der Waals surface area contributed by atoms with E-state index in [9.17, 15) is 9.59 Å². The summed E-state index contributed by atoms with van der Waals surface area (Å²) in [6.07, 6.45) is 7.36. The number of carbonyl (C=O) groups is 2. The maximum atomic E-state index is 13.8. The summed E-state index contributed by atoms with van der Waals surface area (Å²) in [6.45, 7) is 9.28. The summed E-state index contributed by atoms with van der Waals surface area (Å²) in [6, 6.07) is 13.3. The minimum Gasteiger partial charge on any atom is -0.444 e. The molecule has 39 heavy (non-hydrogen) atoms. The Morgan fingerprint density at radius 2 is 1.74 bits per heavy atom. The summed E-state index contributed by atoms with van der Waals surface area (Å²) >= 11 is 0. The molecule has 4 fully saturated rings. The van der Waals surface area contributed by atoms with Crippen LogP contribution in [0.2, 0.25) is 0 Å². The second-order valence-electron chi connectivity index (χ2n) is 13.3. The predicted molar refractivity (Wildman–Crippen MR) is 153 cm³/mol. The number of carbonyl (C=O) groups excluding carboxylic acids is 2. The second kappa shape index (κ2) is 8.61. The predicted octanol–water partition coefficient (Wildman–Crippen LogP) is 4.20. The molecule has 2 unspecified atom stereocenters. The Hall–Kier alpha value is -3.28. The Morgan fingerprint density at radius 1 is 1.00 bits per heavy atom. The van der Waals surface area contributed by atoms with Gasteiger partial charge in [-0.1, -0.05) is 29.8 Å². The molecule has 2 bridgehead atoms. The maximum absolute atomic E-state index is 13.8. The number of rotatable bonds is 4. The van der Waals surface area contributed by atoms with Gasteiger partial charge >= 0.3 is 6.09 Å². The van der Waals surface area contributed by atoms with Crippen molar-refractivity contribution in [2.24, 2.45) is 0 Å². The number of aryl methyl sites for hydroxylation is 2. The minimum absolute atomic E-state index is 0.0271. The summed E-state index contributed by atoms with van der Waals surface area (Å²) in [4.78, 5) is 30.7. The lowest BCUT2D eigenvalue weighted by Gasteiger charge is -2.56. The Kier molecular flexibility index (Phi) is 5.46. The molecular formula is C33H39N3O3. The largest absolute Gasteiger partial charge is 0.444 e. The smallest absolute Gasteiger partial charge is 0.410 e. The fourth-order valence-corrected chi connectivity index (χ4v) is 7.44. The zero-order chi connectivity index (χ0) is 27.1. The van der Waals surface area contributed by atoms with Gasteiger partial charge in [0.15, 0.2) is 0 Å². The lowest BCUT2D eigenvalue weighted by molar-refractivity contribution is -0.0379. The number of fused-ring (bicyclic) bond motifs is 2. The zero-order valence-electron chi connectivity index (χ0n) is 23.6. The van der Waals surface area contributed by atoms with Crippen molar-refractivity contribution in [3.8, 4) is 0 Å². The highest BCUT2D eigenvalue weighted by molar-refractivity contribution is 5.98. The second-order valence-corrected chi connectivity index (χ2v) is 13.3. The average molecular weight is 526 g/mol. The van der Waals surface area contributed by atoms with Gasteiger partial charge in [0.2, 0.25) is 0 Å². The number of ether oxygens (including phenoxy) is 1. The van der Waals surface area contributed by atoms with Crippen LogP contribution in [-0.2, 0) is 11.2 Å². The van der Waals surface area contributed by atoms with Gasteiger partial charge in [-0.3, -0.25) is 9.69 Å². The lowest BCUT2D eigenvalue weighted by Crippen LogP contribution is -2.70. The molecule has 1 N–H and O–H groups in total. The van der Waals surface area contributed by atoms with Crippen molar-refractivity contribution >= 4 is 28.8 Å². The van der Waals surface area contributed by atoms with Crippen LogP contribution in [0.4, 0.5) is 10.5 Å². The summed E-state index contributed by atoms with van der Waals surface area (Å²) in [5.41, 5.74) is 6.64. The molecule has 8 rings (SSSR count). The van der Waals surface area contributed by atoms with Crippen LogP contribution in [-0.4, -0.2) is 53.2 Å². The number of nitrogens with one attached hydrogen (secondary N) is 1. The van der Waals surface area contributed by atoms with Gasteiger partial charge in [0.05, 0.1) is 17.6 Å². The average Bonchev–Trinajstić information content (AvgIpc) is 3.53. The van der Waals surface area contributed by atoms with Gasteiger partial charge in [-0.2, -0.15) is 0 Å². The zero-order valence-corrected chi connectivity index (χ0v) is 23.6. The fraction of sp³-hybridized carbons (Fsp3) is 0.515. The van der Waals surface area contributed by atoms with Gasteiger partial charge in [0, 0.05) is 24.3 Å².